The van der Waals surface area contributed by atoms with E-state index in [9.17, 15) is 0 Å². The van der Waals surface area contributed by atoms with Crippen molar-refractivity contribution in [1.82, 2.24) is 5.43 Å². The zero-order chi connectivity index (χ0) is 12.8. The number of benzene rings is 1. The van der Waals surface area contributed by atoms with Crippen LogP contribution in [-0.4, -0.2) is 11.5 Å². The lowest BCUT2D eigenvalue weighted by Gasteiger charge is -2.19. The molecule has 3 N–H and O–H groups in total. The van der Waals surface area contributed by atoms with Crippen LogP contribution in [0.15, 0.2) is 12.1 Å². The van der Waals surface area contributed by atoms with E-state index in [2.05, 4.69) is 45.3 Å². The van der Waals surface area contributed by atoms with Gasteiger partial charge in [0.05, 0.1) is 6.04 Å². The minimum absolute atomic E-state index is 0.255. The first kappa shape index (κ1) is 14.6. The Morgan fingerprint density at radius 3 is 2.41 bits per heavy atom. The second-order valence-corrected chi connectivity index (χ2v) is 5.74. The Morgan fingerprint density at radius 2 is 1.82 bits per heavy atom. The zero-order valence-electron chi connectivity index (χ0n) is 11.3. The van der Waals surface area contributed by atoms with Gasteiger partial charge in [-0.05, 0) is 55.2 Å². The summed E-state index contributed by atoms with van der Waals surface area (Å²) in [7, 11) is 0. The van der Waals surface area contributed by atoms with Crippen molar-refractivity contribution < 1.29 is 0 Å². The molecule has 17 heavy (non-hydrogen) atoms. The third kappa shape index (κ3) is 4.02. The maximum Gasteiger partial charge on any atom is 0.0553 e. The highest BCUT2D eigenvalue weighted by atomic mass is 32.2. The van der Waals surface area contributed by atoms with E-state index in [1.165, 1.54) is 34.4 Å². The number of nitrogens with one attached hydrogen (secondary N) is 1. The maximum absolute atomic E-state index is 5.68. The van der Waals surface area contributed by atoms with Crippen molar-refractivity contribution in [1.29, 1.82) is 0 Å². The molecular weight excluding hydrogens is 228 g/mol. The molecule has 0 radical (unpaired) electrons. The van der Waals surface area contributed by atoms with Gasteiger partial charge in [0.25, 0.3) is 0 Å². The number of nitrogens with two attached hydrogens (primary N) is 1. The van der Waals surface area contributed by atoms with Crippen molar-refractivity contribution in [3.63, 3.8) is 0 Å². The van der Waals surface area contributed by atoms with Crippen LogP contribution in [0.25, 0.3) is 0 Å². The Kier molecular flexibility index (Phi) is 6.03. The van der Waals surface area contributed by atoms with Crippen LogP contribution < -0.4 is 11.3 Å². The smallest absolute Gasteiger partial charge is 0.0553 e. The summed E-state index contributed by atoms with van der Waals surface area (Å²) in [4.78, 5) is 0. The maximum atomic E-state index is 5.68. The monoisotopic (exact) mass is 252 g/mol. The summed E-state index contributed by atoms with van der Waals surface area (Å²) < 4.78 is 0. The average molecular weight is 252 g/mol. The second kappa shape index (κ2) is 7.04. The number of hydrazine groups is 1. The Bertz CT molecular complexity index is 363. The number of thioether (sulfide) groups is 1. The van der Waals surface area contributed by atoms with Crippen LogP contribution in [-0.2, 0) is 0 Å². The van der Waals surface area contributed by atoms with Gasteiger partial charge >= 0.3 is 0 Å². The van der Waals surface area contributed by atoms with Gasteiger partial charge in [-0.15, -0.1) is 0 Å². The van der Waals surface area contributed by atoms with Crippen LogP contribution in [0.2, 0.25) is 0 Å². The highest BCUT2D eigenvalue weighted by molar-refractivity contribution is 7.99. The van der Waals surface area contributed by atoms with Crippen molar-refractivity contribution in [3.05, 3.63) is 34.4 Å². The molecule has 1 unspecified atom stereocenters. The summed E-state index contributed by atoms with van der Waals surface area (Å²) >= 11 is 1.96. The van der Waals surface area contributed by atoms with Gasteiger partial charge in [-0.1, -0.05) is 19.1 Å². The lowest BCUT2D eigenvalue weighted by Crippen LogP contribution is -2.30. The number of hydrogen-bond donors (Lipinski definition) is 2. The zero-order valence-corrected chi connectivity index (χ0v) is 12.2. The summed E-state index contributed by atoms with van der Waals surface area (Å²) in [6.07, 6.45) is 1.22. The van der Waals surface area contributed by atoms with Gasteiger partial charge in [-0.3, -0.25) is 11.3 Å². The van der Waals surface area contributed by atoms with Gasteiger partial charge in [0.15, 0.2) is 0 Å². The number of aryl methyl sites for hydroxylation is 3. The van der Waals surface area contributed by atoms with Crippen molar-refractivity contribution in [3.8, 4) is 0 Å². The van der Waals surface area contributed by atoms with Crippen LogP contribution >= 0.6 is 11.8 Å². The predicted octanol–water partition coefficient (Wildman–Crippen LogP) is 3.26. The Balaban J connectivity index is 2.84. The third-order valence-corrected chi connectivity index (χ3v) is 4.36. The Labute approximate surface area is 109 Å². The van der Waals surface area contributed by atoms with Gasteiger partial charge in [0.2, 0.25) is 0 Å². The molecule has 0 bridgehead atoms. The van der Waals surface area contributed by atoms with Crippen molar-refractivity contribution >= 4 is 11.8 Å². The Morgan fingerprint density at radius 1 is 1.18 bits per heavy atom. The van der Waals surface area contributed by atoms with E-state index >= 15 is 0 Å². The van der Waals surface area contributed by atoms with Crippen LogP contribution in [0, 0.1) is 20.8 Å². The summed E-state index contributed by atoms with van der Waals surface area (Å²) in [5.41, 5.74) is 8.29. The molecule has 0 aliphatic carbocycles. The van der Waals surface area contributed by atoms with Crippen molar-refractivity contribution in [2.75, 3.05) is 11.5 Å². The van der Waals surface area contributed by atoms with E-state index in [1.54, 1.807) is 0 Å². The Hall–Kier alpha value is -0.510. The van der Waals surface area contributed by atoms with E-state index in [-0.39, 0.29) is 6.04 Å². The largest absolute Gasteiger partial charge is 0.271 e. The second-order valence-electron chi connectivity index (χ2n) is 4.59. The fraction of sp³-hybridized carbons (Fsp3) is 0.571. The number of hydrogen-bond acceptors (Lipinski definition) is 3. The minimum Gasteiger partial charge on any atom is -0.271 e. The van der Waals surface area contributed by atoms with Crippen LogP contribution in [0.1, 0.15) is 41.6 Å². The summed E-state index contributed by atoms with van der Waals surface area (Å²) in [6, 6.07) is 4.77. The normalized spacial score (nSPS) is 12.8. The molecule has 0 saturated carbocycles. The van der Waals surface area contributed by atoms with Gasteiger partial charge in [-0.25, -0.2) is 0 Å². The van der Waals surface area contributed by atoms with Crippen LogP contribution in [0.3, 0.4) is 0 Å². The molecule has 0 heterocycles. The first-order valence-corrected chi connectivity index (χ1v) is 7.37. The molecule has 0 amide bonds. The topological polar surface area (TPSA) is 38.0 Å². The first-order valence-electron chi connectivity index (χ1n) is 6.21. The molecule has 1 atom stereocenters. The molecule has 1 aromatic rings. The first-order chi connectivity index (χ1) is 8.10. The van der Waals surface area contributed by atoms with Gasteiger partial charge in [0, 0.05) is 5.75 Å². The average Bonchev–Trinajstić information content (AvgIpc) is 2.30. The van der Waals surface area contributed by atoms with E-state index in [1.807, 2.05) is 11.8 Å². The molecule has 2 nitrogen and oxygen atoms in total. The molecule has 0 saturated heterocycles. The number of rotatable bonds is 6. The summed E-state index contributed by atoms with van der Waals surface area (Å²) in [5.74, 6) is 7.91. The summed E-state index contributed by atoms with van der Waals surface area (Å²) in [5, 5.41) is 0. The van der Waals surface area contributed by atoms with E-state index in [0.717, 1.165) is 5.75 Å². The molecule has 1 rings (SSSR count). The van der Waals surface area contributed by atoms with Gasteiger partial charge < -0.3 is 0 Å². The van der Waals surface area contributed by atoms with Crippen molar-refractivity contribution in [2.45, 2.75) is 40.2 Å². The van der Waals surface area contributed by atoms with Gasteiger partial charge in [0.1, 0.15) is 0 Å². The summed E-state index contributed by atoms with van der Waals surface area (Å²) in [6.45, 7) is 8.68. The lowest BCUT2D eigenvalue weighted by molar-refractivity contribution is 0.607. The molecule has 96 valence electrons. The minimum atomic E-state index is 0.255. The SMILES string of the molecule is CCCSCC(NN)c1cc(C)c(C)cc1C. The van der Waals surface area contributed by atoms with E-state index in [0.29, 0.717) is 0 Å². The van der Waals surface area contributed by atoms with Crippen LogP contribution in [0.4, 0.5) is 0 Å². The molecule has 1 aromatic carbocycles. The fourth-order valence-electron chi connectivity index (χ4n) is 1.93. The molecular formula is C14H24N2S. The molecule has 0 spiro atoms. The van der Waals surface area contributed by atoms with E-state index < -0.39 is 0 Å². The fourth-order valence-corrected chi connectivity index (χ4v) is 2.90. The highest BCUT2D eigenvalue weighted by Gasteiger charge is 2.13. The van der Waals surface area contributed by atoms with Crippen LogP contribution in [0.5, 0.6) is 0 Å². The molecule has 3 heteroatoms. The van der Waals surface area contributed by atoms with Gasteiger partial charge in [-0.2, -0.15) is 11.8 Å². The highest BCUT2D eigenvalue weighted by Crippen LogP contribution is 2.24. The predicted molar refractivity (Wildman–Crippen MR) is 78.3 cm³/mol. The molecule has 0 aromatic heterocycles. The molecule has 0 fully saturated rings. The quantitative estimate of drug-likeness (QED) is 0.464. The van der Waals surface area contributed by atoms with Crippen molar-refractivity contribution in [2.24, 2.45) is 5.84 Å². The molecule has 0 aliphatic heterocycles. The standard InChI is InChI=1S/C14H24N2S/c1-5-6-17-9-14(16-15)13-8-11(3)10(2)7-12(13)4/h7-8,14,16H,5-6,9,15H2,1-4H3. The van der Waals surface area contributed by atoms with E-state index in [4.69, 9.17) is 5.84 Å². The third-order valence-electron chi connectivity index (χ3n) is 3.09. The molecule has 0 aliphatic rings. The lowest BCUT2D eigenvalue weighted by atomic mass is 9.97.